The number of nitrogens with one attached hydrogen (secondary N) is 2. The number of hydrogen-bond donors (Lipinski definition) is 2. The second-order valence-electron chi connectivity index (χ2n) is 6.90. The van der Waals surface area contributed by atoms with Crippen molar-refractivity contribution in [3.8, 4) is 0 Å². The Hall–Kier alpha value is -2.81. The molecule has 0 radical (unpaired) electrons. The lowest BCUT2D eigenvalue weighted by Gasteiger charge is -2.35. The zero-order valence-corrected chi connectivity index (χ0v) is 15.6. The van der Waals surface area contributed by atoms with Crippen LogP contribution in [0.4, 0.5) is 8.78 Å². The lowest BCUT2D eigenvalue weighted by Crippen LogP contribution is -2.56. The Morgan fingerprint density at radius 3 is 2.86 bits per heavy atom. The number of benzene rings is 1. The Morgan fingerprint density at radius 1 is 1.32 bits per heavy atom. The summed E-state index contributed by atoms with van der Waals surface area (Å²) in [5, 5.41) is 9.37. The van der Waals surface area contributed by atoms with E-state index in [2.05, 4.69) is 15.5 Å². The standard InChI is InChI=1S/C19H23F2N5O2/c1-25(6-4-14-10-23-24-11-14)18(27)9-17-19(28)22-5-7-26(17)12-13-2-3-15(20)16(21)8-13/h2-3,8,10-11,17H,4-7,9,12H2,1H3,(H,22,28)(H,23,24). The van der Waals surface area contributed by atoms with Gasteiger partial charge in [0.2, 0.25) is 11.8 Å². The minimum Gasteiger partial charge on any atom is -0.353 e. The molecular formula is C19H23F2N5O2. The zero-order valence-electron chi connectivity index (χ0n) is 15.6. The summed E-state index contributed by atoms with van der Waals surface area (Å²) in [7, 11) is 1.70. The summed E-state index contributed by atoms with van der Waals surface area (Å²) in [5.74, 6) is -2.22. The molecule has 1 saturated heterocycles. The van der Waals surface area contributed by atoms with E-state index < -0.39 is 17.7 Å². The maximum absolute atomic E-state index is 13.5. The molecule has 2 N–H and O–H groups in total. The molecule has 1 aromatic carbocycles. The lowest BCUT2D eigenvalue weighted by atomic mass is 10.1. The number of likely N-dealkylation sites (N-methyl/N-ethyl adjacent to an activating group) is 1. The van der Waals surface area contributed by atoms with Gasteiger partial charge in [0, 0.05) is 39.4 Å². The number of carbonyl (C=O) groups is 2. The molecule has 28 heavy (non-hydrogen) atoms. The van der Waals surface area contributed by atoms with Crippen LogP contribution in [-0.4, -0.2) is 64.5 Å². The van der Waals surface area contributed by atoms with Crippen LogP contribution in [0, 0.1) is 11.6 Å². The molecule has 7 nitrogen and oxygen atoms in total. The third kappa shape index (κ3) is 4.92. The Labute approximate surface area is 161 Å². The third-order valence-corrected chi connectivity index (χ3v) is 4.90. The second-order valence-corrected chi connectivity index (χ2v) is 6.90. The van der Waals surface area contributed by atoms with Crippen molar-refractivity contribution >= 4 is 11.8 Å². The number of aromatic amines is 1. The first kappa shape index (κ1) is 19.9. The van der Waals surface area contributed by atoms with Gasteiger partial charge in [-0.2, -0.15) is 5.10 Å². The topological polar surface area (TPSA) is 81.3 Å². The molecule has 2 aromatic rings. The van der Waals surface area contributed by atoms with Crippen molar-refractivity contribution in [1.29, 1.82) is 0 Å². The van der Waals surface area contributed by atoms with Crippen LogP contribution in [0.25, 0.3) is 0 Å². The van der Waals surface area contributed by atoms with E-state index in [1.165, 1.54) is 6.07 Å². The van der Waals surface area contributed by atoms with E-state index in [0.29, 0.717) is 31.6 Å². The fraction of sp³-hybridized carbons (Fsp3) is 0.421. The monoisotopic (exact) mass is 391 g/mol. The van der Waals surface area contributed by atoms with Crippen molar-refractivity contribution in [2.75, 3.05) is 26.7 Å². The maximum atomic E-state index is 13.5. The molecule has 1 atom stereocenters. The lowest BCUT2D eigenvalue weighted by molar-refractivity contribution is -0.138. The van der Waals surface area contributed by atoms with E-state index in [-0.39, 0.29) is 24.8 Å². The highest BCUT2D eigenvalue weighted by Crippen LogP contribution is 2.17. The molecule has 1 aliphatic heterocycles. The fourth-order valence-electron chi connectivity index (χ4n) is 3.20. The SMILES string of the molecule is CN(CCc1cn[nH]c1)C(=O)CC1C(=O)NCCN1Cc1ccc(F)c(F)c1. The number of hydrogen-bond acceptors (Lipinski definition) is 4. The molecule has 1 fully saturated rings. The van der Waals surface area contributed by atoms with Gasteiger partial charge in [-0.05, 0) is 29.7 Å². The van der Waals surface area contributed by atoms with E-state index in [1.807, 2.05) is 4.90 Å². The minimum atomic E-state index is -0.925. The molecule has 0 aliphatic carbocycles. The van der Waals surface area contributed by atoms with E-state index in [0.717, 1.165) is 17.7 Å². The van der Waals surface area contributed by atoms with Gasteiger partial charge in [0.05, 0.1) is 18.7 Å². The maximum Gasteiger partial charge on any atom is 0.237 e. The molecule has 0 saturated carbocycles. The van der Waals surface area contributed by atoms with Gasteiger partial charge < -0.3 is 10.2 Å². The highest BCUT2D eigenvalue weighted by Gasteiger charge is 2.32. The number of amides is 2. The van der Waals surface area contributed by atoms with E-state index in [1.54, 1.807) is 24.3 Å². The van der Waals surface area contributed by atoms with E-state index >= 15 is 0 Å². The zero-order chi connectivity index (χ0) is 20.1. The Bertz CT molecular complexity index is 828. The van der Waals surface area contributed by atoms with Crippen LogP contribution >= 0.6 is 0 Å². The van der Waals surface area contributed by atoms with Gasteiger partial charge in [0.1, 0.15) is 0 Å². The third-order valence-electron chi connectivity index (χ3n) is 4.90. The Morgan fingerprint density at radius 2 is 2.14 bits per heavy atom. The van der Waals surface area contributed by atoms with Crippen molar-refractivity contribution in [2.45, 2.75) is 25.4 Å². The molecule has 1 aliphatic rings. The fourth-order valence-corrected chi connectivity index (χ4v) is 3.20. The number of aromatic nitrogens is 2. The number of piperazine rings is 1. The summed E-state index contributed by atoms with van der Waals surface area (Å²) in [5.41, 5.74) is 1.55. The number of halogens is 2. The van der Waals surface area contributed by atoms with Crippen molar-refractivity contribution in [2.24, 2.45) is 0 Å². The van der Waals surface area contributed by atoms with Gasteiger partial charge in [-0.1, -0.05) is 6.07 Å². The molecule has 1 unspecified atom stereocenters. The summed E-state index contributed by atoms with van der Waals surface area (Å²) in [6.45, 7) is 1.75. The quantitative estimate of drug-likeness (QED) is 0.740. The van der Waals surface area contributed by atoms with Gasteiger partial charge >= 0.3 is 0 Å². The van der Waals surface area contributed by atoms with Crippen molar-refractivity contribution in [3.05, 3.63) is 53.4 Å². The highest BCUT2D eigenvalue weighted by atomic mass is 19.2. The predicted molar refractivity (Wildman–Crippen MR) is 98.1 cm³/mol. The van der Waals surface area contributed by atoms with Crippen LogP contribution in [0.1, 0.15) is 17.5 Å². The molecule has 9 heteroatoms. The molecule has 0 spiro atoms. The normalized spacial score (nSPS) is 17.4. The highest BCUT2D eigenvalue weighted by molar-refractivity contribution is 5.88. The van der Waals surface area contributed by atoms with Gasteiger partial charge in [-0.15, -0.1) is 0 Å². The number of H-pyrrole nitrogens is 1. The molecule has 1 aromatic heterocycles. The number of carbonyl (C=O) groups excluding carboxylic acids is 2. The first-order valence-corrected chi connectivity index (χ1v) is 9.11. The summed E-state index contributed by atoms with van der Waals surface area (Å²) in [4.78, 5) is 28.4. The summed E-state index contributed by atoms with van der Waals surface area (Å²) in [6.07, 6.45) is 4.17. The van der Waals surface area contributed by atoms with Crippen molar-refractivity contribution in [1.82, 2.24) is 25.3 Å². The van der Waals surface area contributed by atoms with Gasteiger partial charge in [-0.25, -0.2) is 8.78 Å². The van der Waals surface area contributed by atoms with Crippen molar-refractivity contribution < 1.29 is 18.4 Å². The molecule has 2 amide bonds. The minimum absolute atomic E-state index is 0.0252. The Kier molecular flexibility index (Phi) is 6.35. The van der Waals surface area contributed by atoms with E-state index in [9.17, 15) is 18.4 Å². The first-order chi connectivity index (χ1) is 13.4. The molecule has 2 heterocycles. The predicted octanol–water partition coefficient (Wildman–Crippen LogP) is 1.08. The van der Waals surface area contributed by atoms with Crippen LogP contribution in [0.2, 0.25) is 0 Å². The molecule has 3 rings (SSSR count). The Balaban J connectivity index is 1.62. The summed E-state index contributed by atoms with van der Waals surface area (Å²) < 4.78 is 26.6. The van der Waals surface area contributed by atoms with E-state index in [4.69, 9.17) is 0 Å². The summed E-state index contributed by atoms with van der Waals surface area (Å²) in [6, 6.07) is 3.03. The average Bonchev–Trinajstić information content (AvgIpc) is 3.19. The van der Waals surface area contributed by atoms with Gasteiger partial charge in [0.25, 0.3) is 0 Å². The smallest absolute Gasteiger partial charge is 0.237 e. The number of rotatable bonds is 7. The van der Waals surface area contributed by atoms with Gasteiger partial charge in [0.15, 0.2) is 11.6 Å². The van der Waals surface area contributed by atoms with Gasteiger partial charge in [-0.3, -0.25) is 19.6 Å². The second kappa shape index (κ2) is 8.92. The average molecular weight is 391 g/mol. The van der Waals surface area contributed by atoms with Crippen LogP contribution in [0.5, 0.6) is 0 Å². The first-order valence-electron chi connectivity index (χ1n) is 9.11. The summed E-state index contributed by atoms with van der Waals surface area (Å²) >= 11 is 0. The molecular weight excluding hydrogens is 368 g/mol. The van der Waals surface area contributed by atoms with Crippen LogP contribution in [-0.2, 0) is 22.6 Å². The van der Waals surface area contributed by atoms with Crippen molar-refractivity contribution in [3.63, 3.8) is 0 Å². The molecule has 0 bridgehead atoms. The van der Waals surface area contributed by atoms with Crippen LogP contribution < -0.4 is 5.32 Å². The largest absolute Gasteiger partial charge is 0.353 e. The van der Waals surface area contributed by atoms with Crippen LogP contribution in [0.15, 0.2) is 30.6 Å². The molecule has 150 valence electrons. The number of nitrogens with zero attached hydrogens (tertiary/aromatic N) is 3. The van der Waals surface area contributed by atoms with Crippen LogP contribution in [0.3, 0.4) is 0 Å².